The first-order valence-corrected chi connectivity index (χ1v) is 6.84. The summed E-state index contributed by atoms with van der Waals surface area (Å²) in [5.74, 6) is -0.591. The van der Waals surface area contributed by atoms with E-state index in [1.165, 1.54) is 12.1 Å². The number of halogens is 3. The second-order valence-corrected chi connectivity index (χ2v) is 5.28. The Kier molecular flexibility index (Phi) is 3.55. The van der Waals surface area contributed by atoms with Gasteiger partial charge in [-0.2, -0.15) is 0 Å². The lowest BCUT2D eigenvalue weighted by atomic mass is 10.1. The number of fused-ring (bicyclic) bond motifs is 1. The lowest BCUT2D eigenvalue weighted by Gasteiger charge is -2.09. The largest absolute Gasteiger partial charge is 0.381 e. The normalized spacial score (nSPS) is 10.9. The fraction of sp³-hybridized carbons (Fsp3) is 0.0667. The Balaban J connectivity index is 1.85. The second-order valence-electron chi connectivity index (χ2n) is 4.46. The van der Waals surface area contributed by atoms with Crippen molar-refractivity contribution in [2.75, 3.05) is 5.32 Å². The molecule has 3 rings (SSSR count). The van der Waals surface area contributed by atoms with Crippen molar-refractivity contribution < 1.29 is 4.39 Å². The van der Waals surface area contributed by atoms with E-state index in [4.69, 9.17) is 23.2 Å². The molecule has 0 aliphatic heterocycles. The van der Waals surface area contributed by atoms with Gasteiger partial charge in [0.1, 0.15) is 0 Å². The third-order valence-electron chi connectivity index (χ3n) is 3.15. The number of hydrogen-bond acceptors (Lipinski definition) is 1. The van der Waals surface area contributed by atoms with Gasteiger partial charge in [0.15, 0.2) is 5.82 Å². The number of hydrogen-bond donors (Lipinski definition) is 2. The van der Waals surface area contributed by atoms with E-state index in [2.05, 4.69) is 10.3 Å². The summed E-state index contributed by atoms with van der Waals surface area (Å²) in [5, 5.41) is 4.38. The van der Waals surface area contributed by atoms with E-state index < -0.39 is 5.82 Å². The Morgan fingerprint density at radius 1 is 1.10 bits per heavy atom. The molecule has 0 saturated heterocycles. The van der Waals surface area contributed by atoms with E-state index in [1.54, 1.807) is 0 Å². The summed E-state index contributed by atoms with van der Waals surface area (Å²) < 4.78 is 13.3. The highest BCUT2D eigenvalue weighted by Gasteiger charge is 2.08. The molecule has 0 aliphatic rings. The summed E-state index contributed by atoms with van der Waals surface area (Å²) in [7, 11) is 0. The van der Waals surface area contributed by atoms with Crippen LogP contribution in [0.5, 0.6) is 0 Å². The van der Waals surface area contributed by atoms with Crippen molar-refractivity contribution in [2.45, 2.75) is 6.54 Å². The van der Waals surface area contributed by atoms with Crippen LogP contribution in [0.3, 0.4) is 0 Å². The zero-order chi connectivity index (χ0) is 14.1. The lowest BCUT2D eigenvalue weighted by Crippen LogP contribution is -2.00. The van der Waals surface area contributed by atoms with Crippen molar-refractivity contribution in [2.24, 2.45) is 0 Å². The Morgan fingerprint density at radius 3 is 2.60 bits per heavy atom. The molecule has 0 spiro atoms. The third kappa shape index (κ3) is 2.47. The topological polar surface area (TPSA) is 27.8 Å². The number of aromatic nitrogens is 1. The van der Waals surface area contributed by atoms with Crippen molar-refractivity contribution in [1.29, 1.82) is 0 Å². The molecule has 2 nitrogen and oxygen atoms in total. The average Bonchev–Trinajstić information content (AvgIpc) is 2.91. The summed E-state index contributed by atoms with van der Waals surface area (Å²) in [5.41, 5.74) is 2.91. The fourth-order valence-electron chi connectivity index (χ4n) is 2.16. The number of benzene rings is 2. The van der Waals surface area contributed by atoms with Crippen LogP contribution in [0.1, 0.15) is 5.56 Å². The molecule has 2 aromatic carbocycles. The van der Waals surface area contributed by atoms with Crippen molar-refractivity contribution in [3.8, 4) is 0 Å². The Bertz CT molecular complexity index is 744. The van der Waals surface area contributed by atoms with Gasteiger partial charge >= 0.3 is 0 Å². The number of rotatable bonds is 3. The van der Waals surface area contributed by atoms with Crippen LogP contribution in [0, 0.1) is 5.82 Å². The predicted octanol–water partition coefficient (Wildman–Crippen LogP) is 5.23. The van der Waals surface area contributed by atoms with Crippen LogP contribution in [0.2, 0.25) is 10.0 Å². The lowest BCUT2D eigenvalue weighted by molar-refractivity contribution is 0.629. The molecule has 0 atom stereocenters. The van der Waals surface area contributed by atoms with Gasteiger partial charge in [0.2, 0.25) is 0 Å². The minimum Gasteiger partial charge on any atom is -0.381 e. The van der Waals surface area contributed by atoms with Crippen LogP contribution in [0.15, 0.2) is 42.6 Å². The molecule has 3 aromatic rings. The van der Waals surface area contributed by atoms with Crippen LogP contribution >= 0.6 is 23.2 Å². The van der Waals surface area contributed by atoms with Crippen molar-refractivity contribution in [1.82, 2.24) is 4.98 Å². The first kappa shape index (κ1) is 13.3. The monoisotopic (exact) mass is 308 g/mol. The van der Waals surface area contributed by atoms with E-state index >= 15 is 0 Å². The summed E-state index contributed by atoms with van der Waals surface area (Å²) in [6.07, 6.45) is 1.90. The smallest absolute Gasteiger partial charge is 0.160 e. The number of aromatic amines is 1. The van der Waals surface area contributed by atoms with E-state index in [9.17, 15) is 4.39 Å². The summed E-state index contributed by atoms with van der Waals surface area (Å²) >= 11 is 11.5. The van der Waals surface area contributed by atoms with Gasteiger partial charge in [-0.1, -0.05) is 35.3 Å². The highest BCUT2D eigenvalue weighted by Crippen LogP contribution is 2.28. The molecular weight excluding hydrogens is 298 g/mol. The fourth-order valence-corrected chi connectivity index (χ4v) is 2.65. The molecule has 1 aromatic heterocycles. The van der Waals surface area contributed by atoms with Crippen LogP contribution in [0.4, 0.5) is 10.1 Å². The molecule has 102 valence electrons. The first-order chi connectivity index (χ1) is 9.65. The minimum absolute atomic E-state index is 0.0138. The second kappa shape index (κ2) is 5.35. The Hall–Kier alpha value is -1.71. The molecule has 5 heteroatoms. The Labute approximate surface area is 125 Å². The van der Waals surface area contributed by atoms with Crippen LogP contribution in [0.25, 0.3) is 10.9 Å². The van der Waals surface area contributed by atoms with Crippen molar-refractivity contribution >= 4 is 39.8 Å². The van der Waals surface area contributed by atoms with Gasteiger partial charge < -0.3 is 10.3 Å². The quantitative estimate of drug-likeness (QED) is 0.637. The van der Waals surface area contributed by atoms with Crippen LogP contribution in [-0.4, -0.2) is 4.98 Å². The SMILES string of the molecule is Fc1c(Cl)cc(NCc2cccc3[nH]ccc23)cc1Cl. The van der Waals surface area contributed by atoms with Gasteiger partial charge in [0, 0.05) is 29.3 Å². The van der Waals surface area contributed by atoms with E-state index in [-0.39, 0.29) is 10.0 Å². The maximum Gasteiger partial charge on any atom is 0.160 e. The van der Waals surface area contributed by atoms with E-state index in [0.29, 0.717) is 12.2 Å². The molecule has 20 heavy (non-hydrogen) atoms. The molecular formula is C15H11Cl2FN2. The van der Waals surface area contributed by atoms with Gasteiger partial charge in [-0.25, -0.2) is 4.39 Å². The maximum absolute atomic E-state index is 13.3. The van der Waals surface area contributed by atoms with E-state index in [1.807, 2.05) is 30.5 Å². The first-order valence-electron chi connectivity index (χ1n) is 6.08. The number of anilines is 1. The molecule has 0 fully saturated rings. The third-order valence-corrected chi connectivity index (χ3v) is 3.70. The summed E-state index contributed by atoms with van der Waals surface area (Å²) in [4.78, 5) is 3.16. The maximum atomic E-state index is 13.3. The predicted molar refractivity (Wildman–Crippen MR) is 82.0 cm³/mol. The van der Waals surface area contributed by atoms with Crippen molar-refractivity contribution in [3.63, 3.8) is 0 Å². The highest BCUT2D eigenvalue weighted by molar-refractivity contribution is 6.35. The molecule has 2 N–H and O–H groups in total. The molecule has 1 heterocycles. The highest BCUT2D eigenvalue weighted by atomic mass is 35.5. The van der Waals surface area contributed by atoms with Gasteiger partial charge in [-0.15, -0.1) is 0 Å². The minimum atomic E-state index is -0.591. The molecule has 0 bridgehead atoms. The standard InChI is InChI=1S/C15H11Cl2FN2/c16-12-6-10(7-13(17)15(12)18)20-8-9-2-1-3-14-11(9)4-5-19-14/h1-7,19-20H,8H2. The van der Waals surface area contributed by atoms with Gasteiger partial charge in [0.25, 0.3) is 0 Å². The van der Waals surface area contributed by atoms with Gasteiger partial charge in [-0.3, -0.25) is 0 Å². The molecule has 0 amide bonds. The average molecular weight is 309 g/mol. The zero-order valence-electron chi connectivity index (χ0n) is 10.4. The summed E-state index contributed by atoms with van der Waals surface area (Å²) in [6.45, 7) is 0.605. The Morgan fingerprint density at radius 2 is 1.85 bits per heavy atom. The zero-order valence-corrected chi connectivity index (χ0v) is 11.9. The van der Waals surface area contributed by atoms with Gasteiger partial charge in [-0.05, 0) is 29.8 Å². The van der Waals surface area contributed by atoms with Crippen LogP contribution < -0.4 is 5.32 Å². The van der Waals surface area contributed by atoms with Gasteiger partial charge in [0.05, 0.1) is 10.0 Å². The van der Waals surface area contributed by atoms with E-state index in [0.717, 1.165) is 16.5 Å². The molecule has 0 aliphatic carbocycles. The van der Waals surface area contributed by atoms with Crippen LogP contribution in [-0.2, 0) is 6.54 Å². The molecule has 0 saturated carbocycles. The summed E-state index contributed by atoms with van der Waals surface area (Å²) in [6, 6.07) is 11.1. The number of nitrogens with one attached hydrogen (secondary N) is 2. The number of H-pyrrole nitrogens is 1. The van der Waals surface area contributed by atoms with Crippen molar-refractivity contribution in [3.05, 3.63) is 64.0 Å². The molecule has 0 unspecified atom stereocenters. The molecule has 0 radical (unpaired) electrons.